The summed E-state index contributed by atoms with van der Waals surface area (Å²) in [5.74, 6) is 1.04. The zero-order valence-electron chi connectivity index (χ0n) is 5.02. The molecule has 0 unspecified atom stereocenters. The maximum Gasteiger partial charge on any atom is 0.198 e. The molecule has 0 spiro atoms. The minimum absolute atomic E-state index is 0.324. The average Bonchev–Trinajstić information content (AvgIpc) is 2.27. The highest BCUT2D eigenvalue weighted by Crippen LogP contribution is 2.31. The average molecular weight is 139 g/mol. The molecule has 0 amide bonds. The predicted octanol–water partition coefficient (Wildman–Crippen LogP) is 0.979. The molecule has 1 aromatic carbocycles. The van der Waals surface area contributed by atoms with E-state index in [0.717, 1.165) is 0 Å². The van der Waals surface area contributed by atoms with Crippen molar-refractivity contribution in [2.75, 3.05) is 0 Å². The van der Waals surface area contributed by atoms with Gasteiger partial charge in [-0.2, -0.15) is 0 Å². The second kappa shape index (κ2) is 1.86. The molecule has 1 aliphatic rings. The van der Waals surface area contributed by atoms with Crippen molar-refractivity contribution in [2.24, 2.45) is 0 Å². The summed E-state index contributed by atoms with van der Waals surface area (Å²) in [7, 11) is 0. The third-order valence-electron chi connectivity index (χ3n) is 1.20. The van der Waals surface area contributed by atoms with Gasteiger partial charge in [0.1, 0.15) is 0 Å². The summed E-state index contributed by atoms with van der Waals surface area (Å²) in [5, 5.41) is 8.96. The van der Waals surface area contributed by atoms with E-state index < -0.39 is 0 Å². The highest BCUT2D eigenvalue weighted by molar-refractivity contribution is 5.40. The van der Waals surface area contributed by atoms with Gasteiger partial charge in [-0.3, -0.25) is 0 Å². The Bertz CT molecular complexity index is 226. The third kappa shape index (κ3) is 0.706. The van der Waals surface area contributed by atoms with E-state index in [-0.39, 0.29) is 0 Å². The fourth-order valence-electron chi connectivity index (χ4n) is 0.788. The standard InChI is InChI=1S/C6H5NO3/c8-7-9-5-3-1-2-4-6(5)10-7/h1-4,8H. The van der Waals surface area contributed by atoms with Gasteiger partial charge in [0.15, 0.2) is 16.9 Å². The van der Waals surface area contributed by atoms with Crippen molar-refractivity contribution < 1.29 is 14.9 Å². The molecular weight excluding hydrogens is 134 g/mol. The first-order valence-corrected chi connectivity index (χ1v) is 2.80. The maximum absolute atomic E-state index is 8.64. The van der Waals surface area contributed by atoms with Gasteiger partial charge < -0.3 is 9.68 Å². The molecule has 2 rings (SSSR count). The van der Waals surface area contributed by atoms with E-state index in [1.165, 1.54) is 0 Å². The zero-order chi connectivity index (χ0) is 6.97. The van der Waals surface area contributed by atoms with Crippen molar-refractivity contribution in [1.29, 1.82) is 0 Å². The van der Waals surface area contributed by atoms with Gasteiger partial charge in [-0.15, -0.1) is 0 Å². The molecule has 52 valence electrons. The number of nitrogens with zero attached hydrogens (tertiary/aromatic N) is 1. The van der Waals surface area contributed by atoms with E-state index in [1.807, 2.05) is 0 Å². The van der Waals surface area contributed by atoms with E-state index in [1.54, 1.807) is 24.3 Å². The summed E-state index contributed by atoms with van der Waals surface area (Å²) >= 11 is 0. The van der Waals surface area contributed by atoms with Crippen LogP contribution in [0.25, 0.3) is 0 Å². The van der Waals surface area contributed by atoms with Gasteiger partial charge in [0.05, 0.1) is 0 Å². The molecule has 0 saturated carbocycles. The number of hydrogen-bond donors (Lipinski definition) is 1. The van der Waals surface area contributed by atoms with Crippen molar-refractivity contribution in [3.8, 4) is 11.5 Å². The molecule has 0 atom stereocenters. The molecular formula is C6H5NO3. The number of para-hydroxylation sites is 2. The van der Waals surface area contributed by atoms with Gasteiger partial charge in [0.2, 0.25) is 0 Å². The van der Waals surface area contributed by atoms with Crippen LogP contribution in [0.1, 0.15) is 0 Å². The summed E-state index contributed by atoms with van der Waals surface area (Å²) in [4.78, 5) is 9.35. The van der Waals surface area contributed by atoms with Crippen LogP contribution in [0, 0.1) is 0 Å². The van der Waals surface area contributed by atoms with Gasteiger partial charge in [0.25, 0.3) is 0 Å². The van der Waals surface area contributed by atoms with Crippen molar-refractivity contribution in [1.82, 2.24) is 5.39 Å². The van der Waals surface area contributed by atoms with E-state index in [4.69, 9.17) is 5.21 Å². The normalized spacial score (nSPS) is 15.7. The highest BCUT2D eigenvalue weighted by atomic mass is 17.1. The minimum atomic E-state index is 0.324. The second-order valence-corrected chi connectivity index (χ2v) is 1.87. The Morgan fingerprint density at radius 1 is 1.10 bits per heavy atom. The van der Waals surface area contributed by atoms with E-state index >= 15 is 0 Å². The molecule has 0 aromatic heterocycles. The Kier molecular flexibility index (Phi) is 1.03. The van der Waals surface area contributed by atoms with Crippen LogP contribution < -0.4 is 9.68 Å². The molecule has 0 aliphatic carbocycles. The third-order valence-corrected chi connectivity index (χ3v) is 1.20. The fourth-order valence-corrected chi connectivity index (χ4v) is 0.788. The molecule has 0 bridgehead atoms. The number of fused-ring (bicyclic) bond motifs is 1. The van der Waals surface area contributed by atoms with Crippen molar-refractivity contribution in [2.45, 2.75) is 0 Å². The Hall–Kier alpha value is -1.26. The SMILES string of the molecule is ON1Oc2ccccc2O1. The van der Waals surface area contributed by atoms with Crippen LogP contribution in [0.4, 0.5) is 0 Å². The highest BCUT2D eigenvalue weighted by Gasteiger charge is 2.19. The summed E-state index contributed by atoms with van der Waals surface area (Å²) in [6.07, 6.45) is 0. The molecule has 1 heterocycles. The van der Waals surface area contributed by atoms with E-state index in [2.05, 4.69) is 9.68 Å². The summed E-state index contributed by atoms with van der Waals surface area (Å²) < 4.78 is 0. The Morgan fingerprint density at radius 2 is 1.60 bits per heavy atom. The number of rotatable bonds is 0. The van der Waals surface area contributed by atoms with Gasteiger partial charge in [0, 0.05) is 0 Å². The molecule has 0 saturated heterocycles. The summed E-state index contributed by atoms with van der Waals surface area (Å²) in [5.41, 5.74) is 0. The van der Waals surface area contributed by atoms with Gasteiger partial charge in [-0.05, 0) is 12.1 Å². The quantitative estimate of drug-likeness (QED) is 0.581. The molecule has 1 aromatic rings. The van der Waals surface area contributed by atoms with Crippen molar-refractivity contribution in [3.05, 3.63) is 24.3 Å². The fraction of sp³-hybridized carbons (Fsp3) is 0. The smallest absolute Gasteiger partial charge is 0.198 e. The zero-order valence-corrected chi connectivity index (χ0v) is 5.02. The van der Waals surface area contributed by atoms with E-state index in [9.17, 15) is 0 Å². The second-order valence-electron chi connectivity index (χ2n) is 1.87. The van der Waals surface area contributed by atoms with Gasteiger partial charge >= 0.3 is 0 Å². The number of hydrogen-bond acceptors (Lipinski definition) is 4. The molecule has 0 radical (unpaired) electrons. The van der Waals surface area contributed by atoms with Crippen LogP contribution in [-0.4, -0.2) is 10.6 Å². The molecule has 4 nitrogen and oxygen atoms in total. The van der Waals surface area contributed by atoms with Gasteiger partial charge in [-0.1, -0.05) is 12.1 Å². The predicted molar refractivity (Wildman–Crippen MR) is 31.3 cm³/mol. The monoisotopic (exact) mass is 139 g/mol. The minimum Gasteiger partial charge on any atom is -0.344 e. The lowest BCUT2D eigenvalue weighted by Gasteiger charge is -1.98. The van der Waals surface area contributed by atoms with Crippen LogP contribution in [-0.2, 0) is 0 Å². The topological polar surface area (TPSA) is 41.9 Å². The van der Waals surface area contributed by atoms with Crippen LogP contribution in [0.15, 0.2) is 24.3 Å². The largest absolute Gasteiger partial charge is 0.344 e. The first kappa shape index (κ1) is 5.52. The lowest BCUT2D eigenvalue weighted by molar-refractivity contribution is -0.410. The van der Waals surface area contributed by atoms with Crippen LogP contribution >= 0.6 is 0 Å². The van der Waals surface area contributed by atoms with Crippen LogP contribution in [0.5, 0.6) is 11.5 Å². The van der Waals surface area contributed by atoms with Crippen molar-refractivity contribution in [3.63, 3.8) is 0 Å². The molecule has 1 aliphatic heterocycles. The van der Waals surface area contributed by atoms with Crippen LogP contribution in [0.2, 0.25) is 0 Å². The Labute approximate surface area is 57.1 Å². The molecule has 0 fully saturated rings. The van der Waals surface area contributed by atoms with Gasteiger partial charge in [-0.25, -0.2) is 5.21 Å². The van der Waals surface area contributed by atoms with E-state index in [0.29, 0.717) is 16.9 Å². The number of benzene rings is 1. The lowest BCUT2D eigenvalue weighted by Crippen LogP contribution is -2.20. The Morgan fingerprint density at radius 3 is 2.10 bits per heavy atom. The molecule has 1 N–H and O–H groups in total. The Balaban J connectivity index is 2.42. The first-order chi connectivity index (χ1) is 4.86. The summed E-state index contributed by atoms with van der Waals surface area (Å²) in [6.45, 7) is 0. The first-order valence-electron chi connectivity index (χ1n) is 2.80. The molecule has 10 heavy (non-hydrogen) atoms. The summed E-state index contributed by atoms with van der Waals surface area (Å²) in [6, 6.07) is 6.99. The maximum atomic E-state index is 8.64. The van der Waals surface area contributed by atoms with Crippen LogP contribution in [0.3, 0.4) is 0 Å². The lowest BCUT2D eigenvalue weighted by atomic mass is 10.3. The van der Waals surface area contributed by atoms with Crippen molar-refractivity contribution >= 4 is 0 Å². The molecule has 4 heteroatoms.